The first kappa shape index (κ1) is 20.9. The monoisotopic (exact) mass is 299 g/mol. The summed E-state index contributed by atoms with van der Waals surface area (Å²) in [6.07, 6.45) is 20.2. The molecular weight excluding hydrogens is 258 g/mol. The summed E-state index contributed by atoms with van der Waals surface area (Å²) in [5.41, 5.74) is 0. The van der Waals surface area contributed by atoms with Crippen molar-refractivity contribution in [1.82, 2.24) is 5.32 Å². The number of nitrogens with one attached hydrogen (secondary N) is 1. The van der Waals surface area contributed by atoms with Gasteiger partial charge in [-0.25, -0.2) is 0 Å². The molecule has 2 N–H and O–H groups in total. The summed E-state index contributed by atoms with van der Waals surface area (Å²) >= 11 is 0. The van der Waals surface area contributed by atoms with E-state index in [1.165, 1.54) is 103 Å². The van der Waals surface area contributed by atoms with Crippen LogP contribution in [0, 0.1) is 0 Å². The summed E-state index contributed by atoms with van der Waals surface area (Å²) in [5.74, 6) is 0. The molecule has 0 heterocycles. The molecule has 0 radical (unpaired) electrons. The predicted molar refractivity (Wildman–Crippen MR) is 94.9 cm³/mol. The molecule has 2 heteroatoms. The number of aliphatic hydroxyl groups excluding tert-OH is 1. The van der Waals surface area contributed by atoms with Crippen LogP contribution >= 0.6 is 0 Å². The zero-order valence-electron chi connectivity index (χ0n) is 14.7. The average molecular weight is 300 g/mol. The molecule has 21 heavy (non-hydrogen) atoms. The van der Waals surface area contributed by atoms with Crippen molar-refractivity contribution in [2.45, 2.75) is 103 Å². The number of hydrogen-bond donors (Lipinski definition) is 2. The summed E-state index contributed by atoms with van der Waals surface area (Å²) in [6.45, 7) is 5.06. The van der Waals surface area contributed by atoms with Gasteiger partial charge in [0.2, 0.25) is 0 Å². The minimum atomic E-state index is 0.369. The van der Waals surface area contributed by atoms with Gasteiger partial charge in [-0.1, -0.05) is 84.0 Å². The van der Waals surface area contributed by atoms with Crippen molar-refractivity contribution >= 4 is 0 Å². The molecule has 0 saturated carbocycles. The lowest BCUT2D eigenvalue weighted by Crippen LogP contribution is -2.16. The van der Waals surface area contributed by atoms with Crippen molar-refractivity contribution in [2.75, 3.05) is 19.7 Å². The van der Waals surface area contributed by atoms with Crippen LogP contribution in [0.2, 0.25) is 0 Å². The Morgan fingerprint density at radius 3 is 1.33 bits per heavy atom. The van der Waals surface area contributed by atoms with Crippen molar-refractivity contribution in [3.8, 4) is 0 Å². The van der Waals surface area contributed by atoms with Gasteiger partial charge in [-0.15, -0.1) is 0 Å². The Hall–Kier alpha value is -0.0800. The van der Waals surface area contributed by atoms with Gasteiger partial charge < -0.3 is 10.4 Å². The van der Waals surface area contributed by atoms with E-state index in [1.807, 2.05) is 0 Å². The van der Waals surface area contributed by atoms with Gasteiger partial charge in [0.25, 0.3) is 0 Å². The lowest BCUT2D eigenvalue weighted by atomic mass is 10.1. The Morgan fingerprint density at radius 1 is 0.524 bits per heavy atom. The Labute approximate surface area is 134 Å². The second-order valence-corrected chi connectivity index (χ2v) is 6.42. The second-order valence-electron chi connectivity index (χ2n) is 6.42. The molecule has 0 aromatic heterocycles. The Morgan fingerprint density at radius 2 is 0.905 bits per heavy atom. The van der Waals surface area contributed by atoms with Gasteiger partial charge in [-0.3, -0.25) is 0 Å². The first-order valence-electron chi connectivity index (χ1n) is 9.73. The molecule has 0 aromatic rings. The predicted octanol–water partition coefficient (Wildman–Crippen LogP) is 5.44. The molecular formula is C19H41NO. The van der Waals surface area contributed by atoms with E-state index >= 15 is 0 Å². The molecule has 0 aliphatic carbocycles. The third kappa shape index (κ3) is 19.9. The third-order valence-corrected chi connectivity index (χ3v) is 4.22. The molecule has 0 unspecified atom stereocenters. The van der Waals surface area contributed by atoms with E-state index < -0.39 is 0 Å². The smallest absolute Gasteiger partial charge is 0.0431 e. The van der Waals surface area contributed by atoms with Gasteiger partial charge in [0.1, 0.15) is 0 Å². The highest BCUT2D eigenvalue weighted by atomic mass is 16.2. The van der Waals surface area contributed by atoms with Gasteiger partial charge in [0.05, 0.1) is 0 Å². The van der Waals surface area contributed by atoms with E-state index in [2.05, 4.69) is 12.2 Å². The quantitative estimate of drug-likeness (QED) is 0.330. The van der Waals surface area contributed by atoms with Gasteiger partial charge in [0, 0.05) is 6.61 Å². The maximum absolute atomic E-state index is 8.69. The summed E-state index contributed by atoms with van der Waals surface area (Å²) < 4.78 is 0. The lowest BCUT2D eigenvalue weighted by Gasteiger charge is -2.04. The molecule has 0 atom stereocenters. The molecule has 0 amide bonds. The molecule has 0 rings (SSSR count). The highest BCUT2D eigenvalue weighted by Gasteiger charge is 1.94. The number of unbranched alkanes of at least 4 members (excludes halogenated alkanes) is 13. The van der Waals surface area contributed by atoms with Crippen molar-refractivity contribution in [3.63, 3.8) is 0 Å². The van der Waals surface area contributed by atoms with E-state index in [0.717, 1.165) is 6.42 Å². The summed E-state index contributed by atoms with van der Waals surface area (Å²) in [5, 5.41) is 12.2. The standard InChI is InChI=1S/C19H41NO/c1-2-3-14-17-20-18-15-12-10-8-6-4-5-7-9-11-13-16-19-21/h20-21H,2-19H2,1H3. The topological polar surface area (TPSA) is 32.3 Å². The third-order valence-electron chi connectivity index (χ3n) is 4.22. The number of rotatable bonds is 18. The number of aliphatic hydroxyl groups is 1. The van der Waals surface area contributed by atoms with Gasteiger partial charge in [-0.2, -0.15) is 0 Å². The molecule has 0 aromatic carbocycles. The molecule has 0 fully saturated rings. The van der Waals surface area contributed by atoms with Crippen molar-refractivity contribution < 1.29 is 5.11 Å². The second kappa shape index (κ2) is 19.9. The molecule has 2 nitrogen and oxygen atoms in total. The highest BCUT2D eigenvalue weighted by molar-refractivity contribution is 4.51. The fraction of sp³-hybridized carbons (Fsp3) is 1.00. The molecule has 0 bridgehead atoms. The maximum Gasteiger partial charge on any atom is 0.0431 e. The lowest BCUT2D eigenvalue weighted by molar-refractivity contribution is 0.282. The van der Waals surface area contributed by atoms with E-state index in [9.17, 15) is 0 Å². The van der Waals surface area contributed by atoms with Gasteiger partial charge >= 0.3 is 0 Å². The van der Waals surface area contributed by atoms with Crippen LogP contribution in [-0.4, -0.2) is 24.8 Å². The van der Waals surface area contributed by atoms with Crippen LogP contribution < -0.4 is 5.32 Å². The molecule has 0 saturated heterocycles. The summed E-state index contributed by atoms with van der Waals surface area (Å²) in [4.78, 5) is 0. The fourth-order valence-corrected chi connectivity index (χ4v) is 2.75. The molecule has 0 spiro atoms. The van der Waals surface area contributed by atoms with Gasteiger partial charge in [0.15, 0.2) is 0 Å². The van der Waals surface area contributed by atoms with Crippen LogP contribution in [0.5, 0.6) is 0 Å². The van der Waals surface area contributed by atoms with Gasteiger partial charge in [-0.05, 0) is 32.4 Å². The first-order valence-corrected chi connectivity index (χ1v) is 9.73. The summed E-state index contributed by atoms with van der Waals surface area (Å²) in [6, 6.07) is 0. The van der Waals surface area contributed by atoms with Crippen molar-refractivity contribution in [3.05, 3.63) is 0 Å². The van der Waals surface area contributed by atoms with Crippen LogP contribution in [0.25, 0.3) is 0 Å². The molecule has 0 aliphatic heterocycles. The minimum absolute atomic E-state index is 0.369. The van der Waals surface area contributed by atoms with Crippen LogP contribution in [0.15, 0.2) is 0 Å². The Balaban J connectivity index is 2.90. The van der Waals surface area contributed by atoms with Crippen LogP contribution in [0.3, 0.4) is 0 Å². The highest BCUT2D eigenvalue weighted by Crippen LogP contribution is 2.11. The average Bonchev–Trinajstić information content (AvgIpc) is 2.50. The normalized spacial score (nSPS) is 11.1. The van der Waals surface area contributed by atoms with Crippen LogP contribution in [0.1, 0.15) is 103 Å². The zero-order valence-corrected chi connectivity index (χ0v) is 14.7. The van der Waals surface area contributed by atoms with Crippen LogP contribution in [0.4, 0.5) is 0 Å². The van der Waals surface area contributed by atoms with Crippen molar-refractivity contribution in [1.29, 1.82) is 0 Å². The van der Waals surface area contributed by atoms with E-state index in [-0.39, 0.29) is 0 Å². The Kier molecular flexibility index (Phi) is 19.8. The SMILES string of the molecule is CCCCCNCCCCCCCCCCCCCCO. The number of hydrogen-bond acceptors (Lipinski definition) is 2. The van der Waals surface area contributed by atoms with E-state index in [0.29, 0.717) is 6.61 Å². The molecule has 0 aliphatic rings. The van der Waals surface area contributed by atoms with Crippen molar-refractivity contribution in [2.24, 2.45) is 0 Å². The van der Waals surface area contributed by atoms with E-state index in [1.54, 1.807) is 0 Å². The summed E-state index contributed by atoms with van der Waals surface area (Å²) in [7, 11) is 0. The molecule has 128 valence electrons. The largest absolute Gasteiger partial charge is 0.396 e. The minimum Gasteiger partial charge on any atom is -0.396 e. The zero-order chi connectivity index (χ0) is 15.4. The Bertz CT molecular complexity index is 155. The first-order chi connectivity index (χ1) is 10.4. The van der Waals surface area contributed by atoms with E-state index in [4.69, 9.17) is 5.11 Å². The van der Waals surface area contributed by atoms with Crippen LogP contribution in [-0.2, 0) is 0 Å². The maximum atomic E-state index is 8.69. The fourth-order valence-electron chi connectivity index (χ4n) is 2.75.